The molecule has 0 N–H and O–H groups in total. The first-order chi connectivity index (χ1) is 13.9. The average Bonchev–Trinajstić information content (AvgIpc) is 3.06. The summed E-state index contributed by atoms with van der Waals surface area (Å²) in [5.41, 5.74) is 4.38. The van der Waals surface area contributed by atoms with E-state index in [1.165, 1.54) is 11.1 Å². The van der Waals surface area contributed by atoms with E-state index in [0.29, 0.717) is 12.4 Å². The van der Waals surface area contributed by atoms with E-state index < -0.39 is 0 Å². The van der Waals surface area contributed by atoms with E-state index in [9.17, 15) is 4.79 Å². The number of rotatable bonds is 4. The average molecular weight is 393 g/mol. The second-order valence-corrected chi connectivity index (χ2v) is 7.83. The molecule has 2 fully saturated rings. The third-order valence-corrected chi connectivity index (χ3v) is 5.72. The van der Waals surface area contributed by atoms with Gasteiger partial charge in [-0.25, -0.2) is 14.8 Å². The van der Waals surface area contributed by atoms with Gasteiger partial charge in [0.1, 0.15) is 11.6 Å². The Kier molecular flexibility index (Phi) is 5.13. The first-order valence-corrected chi connectivity index (χ1v) is 10.0. The molecule has 2 aliphatic rings. The van der Waals surface area contributed by atoms with Crippen molar-refractivity contribution in [2.45, 2.75) is 13.8 Å². The van der Waals surface area contributed by atoms with E-state index in [2.05, 4.69) is 46.3 Å². The van der Waals surface area contributed by atoms with Crippen molar-refractivity contribution in [2.24, 2.45) is 0 Å². The van der Waals surface area contributed by atoms with Crippen LogP contribution in [0.15, 0.2) is 37.2 Å². The largest absolute Gasteiger partial charge is 0.368 e. The first-order valence-electron chi connectivity index (χ1n) is 10.0. The molecule has 0 bridgehead atoms. The van der Waals surface area contributed by atoms with Gasteiger partial charge in [-0.05, 0) is 37.1 Å². The van der Waals surface area contributed by atoms with Crippen LogP contribution >= 0.6 is 0 Å². The monoisotopic (exact) mass is 392 g/mol. The molecule has 4 heterocycles. The van der Waals surface area contributed by atoms with Crippen LogP contribution in [-0.4, -0.2) is 72.1 Å². The van der Waals surface area contributed by atoms with Crippen molar-refractivity contribution in [1.29, 1.82) is 0 Å². The molecule has 7 nitrogen and oxygen atoms in total. The van der Waals surface area contributed by atoms with Gasteiger partial charge in [-0.3, -0.25) is 4.90 Å². The van der Waals surface area contributed by atoms with Gasteiger partial charge in [-0.2, -0.15) is 0 Å². The number of piperazine rings is 1. The van der Waals surface area contributed by atoms with Gasteiger partial charge in [0, 0.05) is 70.0 Å². The normalized spacial score (nSPS) is 17.3. The predicted octanol–water partition coefficient (Wildman–Crippen LogP) is 2.76. The zero-order valence-corrected chi connectivity index (χ0v) is 17.4. The number of amides is 2. The lowest BCUT2D eigenvalue weighted by molar-refractivity contribution is 0.229. The second kappa shape index (κ2) is 7.73. The third-order valence-electron chi connectivity index (χ3n) is 5.72. The Bertz CT molecular complexity index is 917. The number of carbonyl (C=O) groups is 1. The van der Waals surface area contributed by atoms with E-state index in [1.807, 2.05) is 31.6 Å². The maximum absolute atomic E-state index is 12.1. The number of pyridine rings is 2. The summed E-state index contributed by atoms with van der Waals surface area (Å²) in [5.74, 6) is 1.77. The number of carbonyl (C=O) groups excluding carboxylic acids is 1. The number of aryl methyl sites for hydroxylation is 2. The minimum atomic E-state index is 0.000192. The van der Waals surface area contributed by atoms with E-state index in [1.54, 1.807) is 9.80 Å². The Morgan fingerprint density at radius 3 is 2.34 bits per heavy atom. The number of likely N-dealkylation sites (N-methyl/N-ethyl adjacent to an activating group) is 1. The number of hydrogen-bond acceptors (Lipinski definition) is 5. The molecule has 4 rings (SSSR count). The van der Waals surface area contributed by atoms with Gasteiger partial charge < -0.3 is 14.7 Å². The first kappa shape index (κ1) is 19.2. The van der Waals surface area contributed by atoms with E-state index in [4.69, 9.17) is 0 Å². The van der Waals surface area contributed by atoms with E-state index in [-0.39, 0.29) is 6.03 Å². The molecule has 2 saturated heterocycles. The SMILES string of the molecule is C=C(c1ccc(N2CCN(C)C2=O)nc1)N1CCN(c2ncc(C)cc2C)CC1. The Morgan fingerprint density at radius 1 is 1.00 bits per heavy atom. The molecule has 0 aromatic carbocycles. The Hall–Kier alpha value is -3.09. The van der Waals surface area contributed by atoms with Crippen molar-refractivity contribution >= 4 is 23.4 Å². The fourth-order valence-corrected chi connectivity index (χ4v) is 3.99. The van der Waals surface area contributed by atoms with Crippen molar-refractivity contribution < 1.29 is 4.79 Å². The van der Waals surface area contributed by atoms with Crippen LogP contribution in [0.1, 0.15) is 16.7 Å². The zero-order valence-electron chi connectivity index (χ0n) is 17.4. The molecule has 152 valence electrons. The van der Waals surface area contributed by atoms with Crippen molar-refractivity contribution in [2.75, 3.05) is 56.1 Å². The minimum absolute atomic E-state index is 0.000192. The molecule has 0 saturated carbocycles. The number of urea groups is 1. The van der Waals surface area contributed by atoms with Gasteiger partial charge in [0.05, 0.1) is 0 Å². The topological polar surface area (TPSA) is 55.8 Å². The Labute approximate surface area is 172 Å². The maximum atomic E-state index is 12.1. The van der Waals surface area contributed by atoms with Crippen LogP contribution in [0, 0.1) is 13.8 Å². The molecule has 7 heteroatoms. The fourth-order valence-electron chi connectivity index (χ4n) is 3.99. The van der Waals surface area contributed by atoms with Crippen LogP contribution in [0.25, 0.3) is 5.70 Å². The van der Waals surface area contributed by atoms with Gasteiger partial charge in [0.15, 0.2) is 0 Å². The van der Waals surface area contributed by atoms with Crippen molar-refractivity contribution in [3.8, 4) is 0 Å². The molecule has 0 unspecified atom stereocenters. The summed E-state index contributed by atoms with van der Waals surface area (Å²) in [7, 11) is 1.81. The van der Waals surface area contributed by atoms with E-state index >= 15 is 0 Å². The van der Waals surface area contributed by atoms with Crippen LogP contribution < -0.4 is 9.80 Å². The van der Waals surface area contributed by atoms with Gasteiger partial charge in [0.2, 0.25) is 0 Å². The molecular weight excluding hydrogens is 364 g/mol. The van der Waals surface area contributed by atoms with Crippen molar-refractivity contribution in [1.82, 2.24) is 19.8 Å². The highest BCUT2D eigenvalue weighted by atomic mass is 16.2. The maximum Gasteiger partial charge on any atom is 0.325 e. The molecule has 0 aliphatic carbocycles. The summed E-state index contributed by atoms with van der Waals surface area (Å²) >= 11 is 0. The molecule has 29 heavy (non-hydrogen) atoms. The molecule has 2 aromatic rings. The molecule has 2 aliphatic heterocycles. The van der Waals surface area contributed by atoms with Crippen LogP contribution in [0.3, 0.4) is 0 Å². The lowest BCUT2D eigenvalue weighted by atomic mass is 10.1. The van der Waals surface area contributed by atoms with Crippen molar-refractivity contribution in [3.05, 3.63) is 53.9 Å². The van der Waals surface area contributed by atoms with Crippen LogP contribution in [0.5, 0.6) is 0 Å². The minimum Gasteiger partial charge on any atom is -0.368 e. The third kappa shape index (κ3) is 3.77. The summed E-state index contributed by atoms with van der Waals surface area (Å²) in [6.07, 6.45) is 3.76. The lowest BCUT2D eigenvalue weighted by Crippen LogP contribution is -2.45. The molecule has 0 spiro atoms. The molecule has 0 atom stereocenters. The second-order valence-electron chi connectivity index (χ2n) is 7.83. The number of hydrogen-bond donors (Lipinski definition) is 0. The van der Waals surface area contributed by atoms with Crippen LogP contribution in [0.4, 0.5) is 16.4 Å². The summed E-state index contributed by atoms with van der Waals surface area (Å²) in [4.78, 5) is 29.3. The highest BCUT2D eigenvalue weighted by Crippen LogP contribution is 2.25. The van der Waals surface area contributed by atoms with Crippen LogP contribution in [0.2, 0.25) is 0 Å². The van der Waals surface area contributed by atoms with Gasteiger partial charge in [-0.15, -0.1) is 0 Å². The summed E-state index contributed by atoms with van der Waals surface area (Å²) in [6.45, 7) is 13.5. The summed E-state index contributed by atoms with van der Waals surface area (Å²) in [5, 5.41) is 0. The van der Waals surface area contributed by atoms with Crippen molar-refractivity contribution in [3.63, 3.8) is 0 Å². The number of nitrogens with zero attached hydrogens (tertiary/aromatic N) is 6. The predicted molar refractivity (Wildman–Crippen MR) is 116 cm³/mol. The lowest BCUT2D eigenvalue weighted by Gasteiger charge is -2.38. The molecule has 2 aromatic heterocycles. The zero-order chi connectivity index (χ0) is 20.5. The fraction of sp³-hybridized carbons (Fsp3) is 0.409. The van der Waals surface area contributed by atoms with Gasteiger partial charge in [-0.1, -0.05) is 12.6 Å². The van der Waals surface area contributed by atoms with Gasteiger partial charge in [0.25, 0.3) is 0 Å². The summed E-state index contributed by atoms with van der Waals surface area (Å²) < 4.78 is 0. The quantitative estimate of drug-likeness (QED) is 0.801. The molecular formula is C22H28N6O. The van der Waals surface area contributed by atoms with Crippen LogP contribution in [-0.2, 0) is 0 Å². The number of anilines is 2. The summed E-state index contributed by atoms with van der Waals surface area (Å²) in [6, 6.07) is 6.10. The highest BCUT2D eigenvalue weighted by Gasteiger charge is 2.27. The number of aromatic nitrogens is 2. The standard InChI is InChI=1S/C22H28N6O/c1-16-13-17(2)21(24-14-16)27-10-8-26(9-11-27)18(3)19-5-6-20(23-15-19)28-12-7-25(4)22(28)29/h5-6,13-15H,3,7-12H2,1-2,4H3. The van der Waals surface area contributed by atoms with Gasteiger partial charge >= 0.3 is 6.03 Å². The highest BCUT2D eigenvalue weighted by molar-refractivity contribution is 5.93. The Balaban J connectivity index is 1.39. The Morgan fingerprint density at radius 2 is 1.76 bits per heavy atom. The molecule has 0 radical (unpaired) electrons. The molecule has 2 amide bonds. The van der Waals surface area contributed by atoms with E-state index in [0.717, 1.165) is 49.8 Å². The smallest absolute Gasteiger partial charge is 0.325 e.